The lowest BCUT2D eigenvalue weighted by Gasteiger charge is -2.02. The Morgan fingerprint density at radius 3 is 2.71 bits per heavy atom. The molecule has 0 spiro atoms. The number of hydrogen-bond donors (Lipinski definition) is 0. The first-order valence-corrected chi connectivity index (χ1v) is 2.34. The van der Waals surface area contributed by atoms with E-state index in [9.17, 15) is 0 Å². The Labute approximate surface area is 47.0 Å². The molecule has 3 nitrogen and oxygen atoms in total. The van der Waals surface area contributed by atoms with Gasteiger partial charge < -0.3 is 4.90 Å². The topological polar surface area (TPSA) is 28.0 Å². The third-order valence-corrected chi connectivity index (χ3v) is 1.15. The van der Waals surface area contributed by atoms with E-state index >= 15 is 0 Å². The lowest BCUT2D eigenvalue weighted by Crippen LogP contribution is -2.16. The monoisotopic (exact) mass is 115 g/mol. The molecule has 0 amide bonds. The fourth-order valence-electron chi connectivity index (χ4n) is 0.324. The van der Waals surface area contributed by atoms with Gasteiger partial charge in [0.2, 0.25) is 5.11 Å². The van der Waals surface area contributed by atoms with Gasteiger partial charge in [0, 0.05) is 7.05 Å². The van der Waals surface area contributed by atoms with Crippen molar-refractivity contribution < 1.29 is 0 Å². The molecule has 0 saturated carbocycles. The van der Waals surface area contributed by atoms with Crippen molar-refractivity contribution in [3.05, 3.63) is 0 Å². The molecule has 0 aromatic rings. The summed E-state index contributed by atoms with van der Waals surface area (Å²) < 4.78 is 0. The quantitative estimate of drug-likeness (QED) is 0.433. The van der Waals surface area contributed by atoms with Crippen LogP contribution >= 0.6 is 12.2 Å². The predicted molar refractivity (Wildman–Crippen MR) is 30.1 cm³/mol. The molecule has 0 aliphatic carbocycles. The predicted octanol–water partition coefficient (Wildman–Crippen LogP) is 0.626. The summed E-state index contributed by atoms with van der Waals surface area (Å²) in [6, 6.07) is 0. The Kier molecular flexibility index (Phi) is 1.02. The van der Waals surface area contributed by atoms with Crippen LogP contribution in [0.25, 0.3) is 0 Å². The average Bonchev–Trinajstić information content (AvgIpc) is 1.91. The highest BCUT2D eigenvalue weighted by atomic mass is 32.1. The van der Waals surface area contributed by atoms with Gasteiger partial charge in [-0.05, 0) is 12.2 Å². The van der Waals surface area contributed by atoms with Crippen molar-refractivity contribution in [3.8, 4) is 0 Å². The molecule has 38 valence electrons. The largest absolute Gasteiger partial charge is 0.328 e. The van der Waals surface area contributed by atoms with Crippen LogP contribution in [-0.4, -0.2) is 23.7 Å². The number of thiocarbonyl (C=S) groups is 1. The van der Waals surface area contributed by atoms with Crippen molar-refractivity contribution in [3.63, 3.8) is 0 Å². The number of nitrogens with zero attached hydrogens (tertiary/aromatic N) is 3. The summed E-state index contributed by atoms with van der Waals surface area (Å²) >= 11 is 4.71. The molecule has 0 N–H and O–H groups in total. The van der Waals surface area contributed by atoms with Crippen LogP contribution in [0.5, 0.6) is 0 Å². The zero-order valence-corrected chi connectivity index (χ0v) is 4.77. The van der Waals surface area contributed by atoms with Crippen molar-refractivity contribution in [1.82, 2.24) is 4.90 Å². The Hall–Kier alpha value is -0.510. The zero-order valence-electron chi connectivity index (χ0n) is 3.96. The van der Waals surface area contributed by atoms with Crippen LogP contribution in [0.3, 0.4) is 0 Å². The molecule has 1 heterocycles. The summed E-state index contributed by atoms with van der Waals surface area (Å²) in [6.45, 7) is 0.624. The fraction of sp³-hybridized carbons (Fsp3) is 0.667. The minimum atomic E-state index is 0.583. The van der Waals surface area contributed by atoms with Crippen LogP contribution in [0, 0.1) is 0 Å². The molecule has 1 rings (SSSR count). The Bertz CT molecular complexity index is 119. The molecule has 0 unspecified atom stereocenters. The fourth-order valence-corrected chi connectivity index (χ4v) is 0.439. The maximum atomic E-state index is 4.71. The molecule has 7 heavy (non-hydrogen) atoms. The van der Waals surface area contributed by atoms with Gasteiger partial charge in [-0.3, -0.25) is 0 Å². The SMILES string of the molecule is CN1CN=NC1=S. The minimum Gasteiger partial charge on any atom is -0.328 e. The first kappa shape index (κ1) is 4.64. The molecule has 0 aromatic carbocycles. The summed E-state index contributed by atoms with van der Waals surface area (Å²) in [6.07, 6.45) is 0. The van der Waals surface area contributed by atoms with Gasteiger partial charge in [-0.25, -0.2) is 0 Å². The molecule has 0 aromatic heterocycles. The van der Waals surface area contributed by atoms with Crippen LogP contribution in [0.1, 0.15) is 0 Å². The molecule has 0 atom stereocenters. The highest BCUT2D eigenvalue weighted by Crippen LogP contribution is 1.98. The first-order valence-electron chi connectivity index (χ1n) is 1.93. The third-order valence-electron chi connectivity index (χ3n) is 0.758. The van der Waals surface area contributed by atoms with E-state index in [-0.39, 0.29) is 0 Å². The Morgan fingerprint density at radius 2 is 2.57 bits per heavy atom. The van der Waals surface area contributed by atoms with E-state index in [2.05, 4.69) is 10.2 Å². The van der Waals surface area contributed by atoms with Gasteiger partial charge in [0.05, 0.1) is 0 Å². The number of hydrogen-bond acceptors (Lipinski definition) is 2. The van der Waals surface area contributed by atoms with E-state index in [0.29, 0.717) is 11.8 Å². The van der Waals surface area contributed by atoms with Gasteiger partial charge >= 0.3 is 0 Å². The molecule has 0 saturated heterocycles. The normalized spacial score (nSPS) is 19.0. The highest BCUT2D eigenvalue weighted by molar-refractivity contribution is 7.80. The van der Waals surface area contributed by atoms with Gasteiger partial charge in [0.25, 0.3) is 0 Å². The van der Waals surface area contributed by atoms with E-state index in [4.69, 9.17) is 12.2 Å². The second kappa shape index (κ2) is 1.54. The van der Waals surface area contributed by atoms with Gasteiger partial charge in [0.15, 0.2) is 0 Å². The van der Waals surface area contributed by atoms with Crippen molar-refractivity contribution in [2.75, 3.05) is 13.7 Å². The van der Waals surface area contributed by atoms with Gasteiger partial charge in [-0.15, -0.1) is 5.11 Å². The maximum Gasteiger partial charge on any atom is 0.217 e. The molecule has 4 heteroatoms. The van der Waals surface area contributed by atoms with E-state index in [1.807, 2.05) is 7.05 Å². The molecule has 0 radical (unpaired) electrons. The average molecular weight is 115 g/mol. The molecule has 0 bridgehead atoms. The number of azo groups is 1. The van der Waals surface area contributed by atoms with Gasteiger partial charge in [-0.1, -0.05) is 0 Å². The lowest BCUT2D eigenvalue weighted by molar-refractivity contribution is 0.556. The summed E-state index contributed by atoms with van der Waals surface area (Å²) in [4.78, 5) is 1.80. The summed E-state index contributed by atoms with van der Waals surface area (Å²) in [5.41, 5.74) is 0. The maximum absolute atomic E-state index is 4.71. The summed E-state index contributed by atoms with van der Waals surface area (Å²) in [5.74, 6) is 0. The van der Waals surface area contributed by atoms with Crippen LogP contribution in [-0.2, 0) is 0 Å². The summed E-state index contributed by atoms with van der Waals surface area (Å²) in [7, 11) is 1.86. The van der Waals surface area contributed by atoms with E-state index < -0.39 is 0 Å². The van der Waals surface area contributed by atoms with E-state index in [1.54, 1.807) is 4.90 Å². The Morgan fingerprint density at radius 1 is 1.86 bits per heavy atom. The van der Waals surface area contributed by atoms with Crippen LogP contribution in [0.15, 0.2) is 10.2 Å². The van der Waals surface area contributed by atoms with Crippen molar-refractivity contribution >= 4 is 17.3 Å². The second-order valence-electron chi connectivity index (χ2n) is 1.36. The second-order valence-corrected chi connectivity index (χ2v) is 1.73. The smallest absolute Gasteiger partial charge is 0.217 e. The van der Waals surface area contributed by atoms with Crippen molar-refractivity contribution in [2.24, 2.45) is 10.2 Å². The third kappa shape index (κ3) is 0.742. The molecular weight excluding hydrogens is 110 g/mol. The molecule has 1 aliphatic heterocycles. The first-order chi connectivity index (χ1) is 3.30. The van der Waals surface area contributed by atoms with Gasteiger partial charge in [0.1, 0.15) is 6.67 Å². The molecule has 0 fully saturated rings. The van der Waals surface area contributed by atoms with Crippen LogP contribution < -0.4 is 0 Å². The highest BCUT2D eigenvalue weighted by Gasteiger charge is 2.05. The van der Waals surface area contributed by atoms with Crippen molar-refractivity contribution in [1.29, 1.82) is 0 Å². The molecular formula is C3H5N3S. The number of rotatable bonds is 0. The lowest BCUT2D eigenvalue weighted by atomic mass is 10.9. The van der Waals surface area contributed by atoms with Crippen LogP contribution in [0.4, 0.5) is 0 Å². The van der Waals surface area contributed by atoms with Crippen molar-refractivity contribution in [2.45, 2.75) is 0 Å². The zero-order chi connectivity index (χ0) is 5.28. The van der Waals surface area contributed by atoms with Crippen LogP contribution in [0.2, 0.25) is 0 Å². The standard InChI is InChI=1S/C3H5N3S/c1-6-2-4-5-3(6)7/h2H2,1H3. The van der Waals surface area contributed by atoms with E-state index in [0.717, 1.165) is 0 Å². The van der Waals surface area contributed by atoms with E-state index in [1.165, 1.54) is 0 Å². The minimum absolute atomic E-state index is 0.583. The Balaban J connectivity index is 2.62. The van der Waals surface area contributed by atoms with Gasteiger partial charge in [-0.2, -0.15) is 5.11 Å². The summed E-state index contributed by atoms with van der Waals surface area (Å²) in [5, 5.41) is 7.84. The molecule has 1 aliphatic rings.